The van der Waals surface area contributed by atoms with E-state index in [1.807, 2.05) is 13.0 Å². The van der Waals surface area contributed by atoms with Crippen molar-refractivity contribution in [3.05, 3.63) is 41.8 Å². The molecule has 8 nitrogen and oxygen atoms in total. The molecule has 1 aliphatic heterocycles. The predicted octanol–water partition coefficient (Wildman–Crippen LogP) is 2.96. The van der Waals surface area contributed by atoms with Crippen molar-refractivity contribution in [1.82, 2.24) is 20.3 Å². The van der Waals surface area contributed by atoms with Crippen molar-refractivity contribution >= 4 is 5.96 Å². The number of hydrogen-bond donors (Lipinski definition) is 1. The second-order valence-corrected chi connectivity index (χ2v) is 7.02. The minimum absolute atomic E-state index is 0.0275. The van der Waals surface area contributed by atoms with Crippen LogP contribution in [0.5, 0.6) is 11.5 Å². The number of nitrogens with zero attached hydrogens (tertiary/aromatic N) is 4. The van der Waals surface area contributed by atoms with Crippen molar-refractivity contribution < 1.29 is 22.8 Å². The molecule has 2 aromatic rings. The fourth-order valence-electron chi connectivity index (χ4n) is 3.37. The number of alkyl halides is 2. The van der Waals surface area contributed by atoms with Gasteiger partial charge < -0.3 is 24.2 Å². The SMILES string of the molecule is CCNC(=NCc1ccc(OC(F)F)c(OCC)c1)N1CCN(Cc2ccon2)CC1. The number of aromatic nitrogens is 1. The van der Waals surface area contributed by atoms with Crippen molar-refractivity contribution in [2.24, 2.45) is 4.99 Å². The normalized spacial score (nSPS) is 15.4. The van der Waals surface area contributed by atoms with Crippen molar-refractivity contribution in [1.29, 1.82) is 0 Å². The van der Waals surface area contributed by atoms with Crippen LogP contribution in [0.15, 0.2) is 40.0 Å². The summed E-state index contributed by atoms with van der Waals surface area (Å²) in [5.74, 6) is 1.15. The second-order valence-electron chi connectivity index (χ2n) is 7.02. The van der Waals surface area contributed by atoms with E-state index in [2.05, 4.69) is 25.0 Å². The van der Waals surface area contributed by atoms with Crippen LogP contribution in [-0.2, 0) is 13.1 Å². The molecule has 1 N–H and O–H groups in total. The van der Waals surface area contributed by atoms with E-state index in [-0.39, 0.29) is 5.75 Å². The molecule has 3 rings (SSSR count). The Hall–Kier alpha value is -2.88. The van der Waals surface area contributed by atoms with E-state index in [0.717, 1.165) is 56.5 Å². The lowest BCUT2D eigenvalue weighted by molar-refractivity contribution is -0.0514. The molecule has 0 radical (unpaired) electrons. The van der Waals surface area contributed by atoms with Crippen molar-refractivity contribution in [3.8, 4) is 11.5 Å². The Morgan fingerprint density at radius 1 is 1.19 bits per heavy atom. The highest BCUT2D eigenvalue weighted by Crippen LogP contribution is 2.30. The second kappa shape index (κ2) is 11.5. The van der Waals surface area contributed by atoms with Crippen LogP contribution >= 0.6 is 0 Å². The van der Waals surface area contributed by atoms with Gasteiger partial charge >= 0.3 is 6.61 Å². The zero-order chi connectivity index (χ0) is 22.1. The van der Waals surface area contributed by atoms with Gasteiger partial charge in [-0.1, -0.05) is 11.2 Å². The molecule has 1 saturated heterocycles. The summed E-state index contributed by atoms with van der Waals surface area (Å²) in [5.41, 5.74) is 1.78. The maximum atomic E-state index is 12.6. The fourth-order valence-corrected chi connectivity index (χ4v) is 3.37. The van der Waals surface area contributed by atoms with Gasteiger partial charge in [-0.2, -0.15) is 8.78 Å². The summed E-state index contributed by atoms with van der Waals surface area (Å²) < 4.78 is 40.1. The lowest BCUT2D eigenvalue weighted by Gasteiger charge is -2.36. The Morgan fingerprint density at radius 2 is 2.00 bits per heavy atom. The van der Waals surface area contributed by atoms with Crippen LogP contribution < -0.4 is 14.8 Å². The summed E-state index contributed by atoms with van der Waals surface area (Å²) in [6.07, 6.45) is 1.59. The Kier molecular flexibility index (Phi) is 8.45. The number of benzene rings is 1. The van der Waals surface area contributed by atoms with Crippen LogP contribution in [0.2, 0.25) is 0 Å². The zero-order valence-electron chi connectivity index (χ0n) is 17.9. The van der Waals surface area contributed by atoms with Gasteiger partial charge in [-0.25, -0.2) is 4.99 Å². The van der Waals surface area contributed by atoms with E-state index in [9.17, 15) is 8.78 Å². The van der Waals surface area contributed by atoms with Crippen molar-refractivity contribution in [2.45, 2.75) is 33.5 Å². The van der Waals surface area contributed by atoms with Gasteiger partial charge in [-0.3, -0.25) is 4.90 Å². The maximum absolute atomic E-state index is 12.6. The van der Waals surface area contributed by atoms with Gasteiger partial charge in [0.15, 0.2) is 17.5 Å². The molecule has 0 atom stereocenters. The van der Waals surface area contributed by atoms with Gasteiger partial charge in [0.25, 0.3) is 0 Å². The number of halogens is 2. The number of rotatable bonds is 9. The molecule has 10 heteroatoms. The fraction of sp³-hybridized carbons (Fsp3) is 0.524. The van der Waals surface area contributed by atoms with Gasteiger partial charge in [0.2, 0.25) is 0 Å². The van der Waals surface area contributed by atoms with Crippen LogP contribution in [0.3, 0.4) is 0 Å². The quantitative estimate of drug-likeness (QED) is 0.478. The summed E-state index contributed by atoms with van der Waals surface area (Å²) in [4.78, 5) is 9.29. The highest BCUT2D eigenvalue weighted by Gasteiger charge is 2.20. The average molecular weight is 437 g/mol. The number of guanidine groups is 1. The first-order valence-corrected chi connectivity index (χ1v) is 10.4. The summed E-state index contributed by atoms with van der Waals surface area (Å²) in [6, 6.07) is 6.80. The van der Waals surface area contributed by atoms with Crippen molar-refractivity contribution in [3.63, 3.8) is 0 Å². The van der Waals surface area contributed by atoms with Gasteiger partial charge in [0, 0.05) is 45.3 Å². The minimum Gasteiger partial charge on any atom is -0.490 e. The molecule has 1 fully saturated rings. The molecule has 2 heterocycles. The van der Waals surface area contributed by atoms with Crippen LogP contribution in [0.25, 0.3) is 0 Å². The topological polar surface area (TPSA) is 75.4 Å². The molecule has 31 heavy (non-hydrogen) atoms. The number of ether oxygens (including phenoxy) is 2. The van der Waals surface area contributed by atoms with Crippen LogP contribution in [0.1, 0.15) is 25.1 Å². The van der Waals surface area contributed by atoms with Gasteiger partial charge in [0.1, 0.15) is 6.26 Å². The molecule has 1 aliphatic rings. The number of hydrogen-bond acceptors (Lipinski definition) is 6. The van der Waals surface area contributed by atoms with Gasteiger partial charge in [0.05, 0.1) is 18.8 Å². The van der Waals surface area contributed by atoms with E-state index >= 15 is 0 Å². The van der Waals surface area contributed by atoms with Crippen LogP contribution in [-0.4, -0.2) is 66.9 Å². The summed E-state index contributed by atoms with van der Waals surface area (Å²) in [7, 11) is 0. The largest absolute Gasteiger partial charge is 0.490 e. The highest BCUT2D eigenvalue weighted by molar-refractivity contribution is 5.80. The number of nitrogens with one attached hydrogen (secondary N) is 1. The zero-order valence-corrected chi connectivity index (χ0v) is 17.9. The van der Waals surface area contributed by atoms with Crippen LogP contribution in [0.4, 0.5) is 8.78 Å². The van der Waals surface area contributed by atoms with Crippen molar-refractivity contribution in [2.75, 3.05) is 39.3 Å². The molecule has 0 saturated carbocycles. The first-order chi connectivity index (χ1) is 15.1. The minimum atomic E-state index is -2.90. The molecule has 0 aliphatic carbocycles. The Bertz CT molecular complexity index is 824. The lowest BCUT2D eigenvalue weighted by Crippen LogP contribution is -2.52. The molecular weight excluding hydrogens is 408 g/mol. The van der Waals surface area contributed by atoms with E-state index in [4.69, 9.17) is 14.3 Å². The lowest BCUT2D eigenvalue weighted by atomic mass is 10.2. The summed E-state index contributed by atoms with van der Waals surface area (Å²) in [5, 5.41) is 7.31. The molecule has 170 valence electrons. The predicted molar refractivity (Wildman–Crippen MR) is 112 cm³/mol. The highest BCUT2D eigenvalue weighted by atomic mass is 19.3. The van der Waals surface area contributed by atoms with E-state index in [1.54, 1.807) is 25.3 Å². The smallest absolute Gasteiger partial charge is 0.387 e. The molecule has 1 aromatic heterocycles. The first kappa shape index (κ1) is 22.8. The third-order valence-corrected chi connectivity index (χ3v) is 4.82. The maximum Gasteiger partial charge on any atom is 0.387 e. The number of aliphatic imine (C=N–C) groups is 1. The van der Waals surface area contributed by atoms with E-state index in [0.29, 0.717) is 18.9 Å². The Balaban J connectivity index is 1.62. The third-order valence-electron chi connectivity index (χ3n) is 4.82. The van der Waals surface area contributed by atoms with Gasteiger partial charge in [-0.15, -0.1) is 0 Å². The molecule has 0 unspecified atom stereocenters. The monoisotopic (exact) mass is 437 g/mol. The Morgan fingerprint density at radius 3 is 2.65 bits per heavy atom. The standard InChI is InChI=1S/C21H29F2N5O3/c1-3-24-21(28-10-8-27(9-11-28)15-17-7-12-30-26-17)25-14-16-5-6-18(31-20(22)23)19(13-16)29-4-2/h5-7,12-13,20H,3-4,8-11,14-15H2,1-2H3,(H,24,25). The summed E-state index contributed by atoms with van der Waals surface area (Å²) >= 11 is 0. The number of piperazine rings is 1. The van der Waals surface area contributed by atoms with Crippen LogP contribution in [0, 0.1) is 0 Å². The van der Waals surface area contributed by atoms with E-state index < -0.39 is 6.61 Å². The molecular formula is C21H29F2N5O3. The average Bonchev–Trinajstić information content (AvgIpc) is 3.26. The van der Waals surface area contributed by atoms with E-state index in [1.165, 1.54) is 6.07 Å². The molecule has 1 aromatic carbocycles. The first-order valence-electron chi connectivity index (χ1n) is 10.4. The van der Waals surface area contributed by atoms with Gasteiger partial charge in [-0.05, 0) is 31.5 Å². The molecule has 0 bridgehead atoms. The molecule has 0 amide bonds. The Labute approximate surface area is 180 Å². The third kappa shape index (κ3) is 6.81. The summed E-state index contributed by atoms with van der Waals surface area (Å²) in [6.45, 7) is 6.67. The molecule has 0 spiro atoms.